The van der Waals surface area contributed by atoms with Crippen LogP contribution in [0.15, 0.2) is 48.8 Å². The van der Waals surface area contributed by atoms with Crippen molar-refractivity contribution in [1.82, 2.24) is 24.6 Å². The molecule has 1 aliphatic heterocycles. The molecule has 1 N–H and O–H groups in total. The highest BCUT2D eigenvalue weighted by Gasteiger charge is 2.25. The summed E-state index contributed by atoms with van der Waals surface area (Å²) in [6.07, 6.45) is 6.93. The summed E-state index contributed by atoms with van der Waals surface area (Å²) in [4.78, 5) is 19.1. The molecule has 1 amide bonds. The molecule has 0 unspecified atom stereocenters. The fourth-order valence-electron chi connectivity index (χ4n) is 3.78. The van der Waals surface area contributed by atoms with E-state index in [1.54, 1.807) is 0 Å². The summed E-state index contributed by atoms with van der Waals surface area (Å²) < 4.78 is 2.25. The van der Waals surface area contributed by atoms with Gasteiger partial charge in [0.25, 0.3) is 5.91 Å². The number of H-pyrrole nitrogens is 1. The van der Waals surface area contributed by atoms with Crippen LogP contribution in [-0.4, -0.2) is 43.6 Å². The van der Waals surface area contributed by atoms with E-state index in [1.807, 2.05) is 47.5 Å². The van der Waals surface area contributed by atoms with Crippen LogP contribution in [0, 0.1) is 5.92 Å². The minimum atomic E-state index is 0.0417. The fraction of sp³-hybridized carbons (Fsp3) is 0.381. The van der Waals surface area contributed by atoms with Crippen LogP contribution in [0.4, 0.5) is 0 Å². The molecule has 6 nitrogen and oxygen atoms in total. The topological polar surface area (TPSA) is 66.8 Å². The van der Waals surface area contributed by atoms with E-state index >= 15 is 0 Å². The van der Waals surface area contributed by atoms with Crippen molar-refractivity contribution < 1.29 is 4.79 Å². The van der Waals surface area contributed by atoms with E-state index < -0.39 is 0 Å². The van der Waals surface area contributed by atoms with Crippen LogP contribution >= 0.6 is 0 Å². The number of nitrogens with zero attached hydrogens (tertiary/aromatic N) is 4. The third kappa shape index (κ3) is 3.79. The zero-order valence-electron chi connectivity index (χ0n) is 15.6. The molecule has 0 saturated carbocycles. The van der Waals surface area contributed by atoms with E-state index in [1.165, 1.54) is 0 Å². The molecule has 3 heterocycles. The summed E-state index contributed by atoms with van der Waals surface area (Å²) in [5, 5.41) is 7.21. The Bertz CT molecular complexity index is 890. The van der Waals surface area contributed by atoms with Gasteiger partial charge in [0.05, 0.1) is 5.69 Å². The Hall–Kier alpha value is -2.89. The third-order valence-corrected chi connectivity index (χ3v) is 5.35. The maximum Gasteiger partial charge on any atom is 0.271 e. The first kappa shape index (κ1) is 17.5. The van der Waals surface area contributed by atoms with Crippen molar-refractivity contribution >= 4 is 5.91 Å². The van der Waals surface area contributed by atoms with E-state index in [4.69, 9.17) is 0 Å². The summed E-state index contributed by atoms with van der Waals surface area (Å²) in [6.45, 7) is 4.71. The van der Waals surface area contributed by atoms with Gasteiger partial charge in [0, 0.05) is 44.0 Å². The number of aryl methyl sites for hydroxylation is 1. The van der Waals surface area contributed by atoms with Crippen molar-refractivity contribution in [2.24, 2.45) is 5.92 Å². The number of amides is 1. The lowest BCUT2D eigenvalue weighted by atomic mass is 9.96. The molecule has 0 atom stereocenters. The van der Waals surface area contributed by atoms with E-state index in [0.717, 1.165) is 56.0 Å². The van der Waals surface area contributed by atoms with Crippen molar-refractivity contribution in [3.05, 3.63) is 60.3 Å². The highest BCUT2D eigenvalue weighted by atomic mass is 16.2. The van der Waals surface area contributed by atoms with Crippen LogP contribution in [-0.2, 0) is 13.0 Å². The predicted octanol–water partition coefficient (Wildman–Crippen LogP) is 3.39. The number of rotatable bonds is 5. The molecule has 4 rings (SSSR count). The molecule has 0 bridgehead atoms. The Morgan fingerprint density at radius 2 is 2.00 bits per heavy atom. The lowest BCUT2D eigenvalue weighted by Crippen LogP contribution is -2.39. The Morgan fingerprint density at radius 1 is 1.22 bits per heavy atom. The molecule has 0 aliphatic carbocycles. The molecule has 1 aromatic carbocycles. The van der Waals surface area contributed by atoms with Gasteiger partial charge in [-0.3, -0.25) is 9.89 Å². The second-order valence-corrected chi connectivity index (χ2v) is 7.12. The average Bonchev–Trinajstić information content (AvgIpc) is 3.38. The van der Waals surface area contributed by atoms with Crippen LogP contribution in [0.25, 0.3) is 11.3 Å². The maximum absolute atomic E-state index is 12.8. The molecule has 0 spiro atoms. The monoisotopic (exact) mass is 363 g/mol. The molecule has 1 fully saturated rings. The van der Waals surface area contributed by atoms with Crippen LogP contribution in [0.2, 0.25) is 0 Å². The van der Waals surface area contributed by atoms with Gasteiger partial charge < -0.3 is 9.47 Å². The lowest BCUT2D eigenvalue weighted by molar-refractivity contribution is 0.0676. The molecule has 2 aromatic heterocycles. The van der Waals surface area contributed by atoms with Crippen molar-refractivity contribution in [2.45, 2.75) is 32.7 Å². The van der Waals surface area contributed by atoms with Crippen LogP contribution < -0.4 is 0 Å². The Labute approximate surface area is 159 Å². The zero-order chi connectivity index (χ0) is 18.6. The molecule has 6 heteroatoms. The van der Waals surface area contributed by atoms with Gasteiger partial charge in [0.15, 0.2) is 0 Å². The highest BCUT2D eigenvalue weighted by Crippen LogP contribution is 2.22. The lowest BCUT2D eigenvalue weighted by Gasteiger charge is -2.32. The quantitative estimate of drug-likeness (QED) is 0.756. The largest absolute Gasteiger partial charge is 0.337 e. The number of piperidine rings is 1. The molecule has 3 aromatic rings. The minimum Gasteiger partial charge on any atom is -0.337 e. The van der Waals surface area contributed by atoms with Gasteiger partial charge in [-0.05, 0) is 24.8 Å². The number of aromatic amines is 1. The molecule has 140 valence electrons. The number of imidazole rings is 1. The smallest absolute Gasteiger partial charge is 0.271 e. The van der Waals surface area contributed by atoms with Crippen molar-refractivity contribution in [3.8, 4) is 11.3 Å². The molecule has 27 heavy (non-hydrogen) atoms. The van der Waals surface area contributed by atoms with Crippen LogP contribution in [0.3, 0.4) is 0 Å². The van der Waals surface area contributed by atoms with Gasteiger partial charge in [-0.1, -0.05) is 37.3 Å². The van der Waals surface area contributed by atoms with Crippen molar-refractivity contribution in [3.63, 3.8) is 0 Å². The summed E-state index contributed by atoms with van der Waals surface area (Å²) >= 11 is 0. The van der Waals surface area contributed by atoms with Crippen LogP contribution in [0.5, 0.6) is 0 Å². The van der Waals surface area contributed by atoms with Gasteiger partial charge in [-0.25, -0.2) is 4.98 Å². The Balaban J connectivity index is 1.36. The standard InChI is InChI=1S/C21H25N5O/c1-2-20-22-10-13-26(20)15-16-8-11-25(12-9-16)21(27)19-14-18(23-24-19)17-6-4-3-5-7-17/h3-7,10,13-14,16H,2,8-9,11-12,15H2,1H3,(H,23,24). The van der Waals surface area contributed by atoms with E-state index in [0.29, 0.717) is 11.6 Å². The van der Waals surface area contributed by atoms with Gasteiger partial charge in [0.1, 0.15) is 11.5 Å². The number of carbonyl (C=O) groups is 1. The summed E-state index contributed by atoms with van der Waals surface area (Å²) in [5.41, 5.74) is 2.38. The first-order valence-corrected chi connectivity index (χ1v) is 9.64. The molecule has 1 aliphatic rings. The zero-order valence-corrected chi connectivity index (χ0v) is 15.6. The number of hydrogen-bond acceptors (Lipinski definition) is 3. The fourth-order valence-corrected chi connectivity index (χ4v) is 3.78. The number of carbonyl (C=O) groups excluding carboxylic acids is 1. The predicted molar refractivity (Wildman–Crippen MR) is 104 cm³/mol. The van der Waals surface area contributed by atoms with Gasteiger partial charge in [-0.15, -0.1) is 0 Å². The van der Waals surface area contributed by atoms with Crippen LogP contribution in [0.1, 0.15) is 36.1 Å². The second-order valence-electron chi connectivity index (χ2n) is 7.12. The summed E-state index contributed by atoms with van der Waals surface area (Å²) in [6, 6.07) is 11.8. The SMILES string of the molecule is CCc1nccn1CC1CCN(C(=O)c2cc(-c3ccccc3)n[nH]2)CC1. The molecular formula is C21H25N5O. The molecular weight excluding hydrogens is 338 g/mol. The van der Waals surface area contributed by atoms with E-state index in [-0.39, 0.29) is 5.91 Å². The molecule has 1 saturated heterocycles. The first-order valence-electron chi connectivity index (χ1n) is 9.64. The summed E-state index contributed by atoms with van der Waals surface area (Å²) in [5.74, 6) is 1.77. The van der Waals surface area contributed by atoms with Gasteiger partial charge in [0.2, 0.25) is 0 Å². The number of aromatic nitrogens is 4. The van der Waals surface area contributed by atoms with Crippen molar-refractivity contribution in [1.29, 1.82) is 0 Å². The third-order valence-electron chi connectivity index (χ3n) is 5.35. The normalized spacial score (nSPS) is 15.2. The maximum atomic E-state index is 12.8. The first-order chi connectivity index (χ1) is 13.2. The number of nitrogens with one attached hydrogen (secondary N) is 1. The molecule has 0 radical (unpaired) electrons. The van der Waals surface area contributed by atoms with Gasteiger partial charge >= 0.3 is 0 Å². The van der Waals surface area contributed by atoms with E-state index in [9.17, 15) is 4.79 Å². The minimum absolute atomic E-state index is 0.0417. The Morgan fingerprint density at radius 3 is 2.74 bits per heavy atom. The van der Waals surface area contributed by atoms with Gasteiger partial charge in [-0.2, -0.15) is 5.10 Å². The average molecular weight is 363 g/mol. The second kappa shape index (κ2) is 7.78. The van der Waals surface area contributed by atoms with E-state index in [2.05, 4.69) is 32.9 Å². The summed E-state index contributed by atoms with van der Waals surface area (Å²) in [7, 11) is 0. The number of benzene rings is 1. The highest BCUT2D eigenvalue weighted by molar-refractivity contribution is 5.93. The Kier molecular flexibility index (Phi) is 5.05. The number of hydrogen-bond donors (Lipinski definition) is 1. The van der Waals surface area contributed by atoms with Crippen molar-refractivity contribution in [2.75, 3.05) is 13.1 Å². The number of likely N-dealkylation sites (tertiary alicyclic amines) is 1.